The van der Waals surface area contributed by atoms with Gasteiger partial charge in [0.1, 0.15) is 6.33 Å². The first kappa shape index (κ1) is 17.9. The van der Waals surface area contributed by atoms with Crippen LogP contribution in [0.3, 0.4) is 0 Å². The number of fused-ring (bicyclic) bond motifs is 2. The number of hydrogen-bond acceptors (Lipinski definition) is 6. The third kappa shape index (κ3) is 3.17. The van der Waals surface area contributed by atoms with E-state index < -0.39 is 0 Å². The average Bonchev–Trinajstić information content (AvgIpc) is 3.08. The van der Waals surface area contributed by atoms with Gasteiger partial charge in [-0.25, -0.2) is 9.97 Å². The quantitative estimate of drug-likeness (QED) is 0.718. The first-order valence-electron chi connectivity index (χ1n) is 9.94. The van der Waals surface area contributed by atoms with E-state index in [1.54, 1.807) is 18.6 Å². The molecule has 2 aliphatic rings. The van der Waals surface area contributed by atoms with Gasteiger partial charge in [0.2, 0.25) is 0 Å². The van der Waals surface area contributed by atoms with Crippen molar-refractivity contribution in [3.63, 3.8) is 0 Å². The van der Waals surface area contributed by atoms with Crippen LogP contribution in [0.4, 0.5) is 0 Å². The first-order valence-corrected chi connectivity index (χ1v) is 9.94. The molecule has 0 bridgehead atoms. The van der Waals surface area contributed by atoms with Crippen LogP contribution < -0.4 is 10.6 Å². The molecule has 146 valence electrons. The predicted molar refractivity (Wildman–Crippen MR) is 108 cm³/mol. The summed E-state index contributed by atoms with van der Waals surface area (Å²) in [5, 5.41) is 14.3. The second kappa shape index (κ2) is 7.33. The van der Waals surface area contributed by atoms with E-state index in [0.29, 0.717) is 5.56 Å². The van der Waals surface area contributed by atoms with Gasteiger partial charge < -0.3 is 10.6 Å². The van der Waals surface area contributed by atoms with Crippen LogP contribution >= 0.6 is 0 Å². The summed E-state index contributed by atoms with van der Waals surface area (Å²) in [4.78, 5) is 21.3. The lowest BCUT2D eigenvalue weighted by molar-refractivity contribution is 0.0931. The van der Waals surface area contributed by atoms with E-state index in [2.05, 4.69) is 49.0 Å². The minimum Gasteiger partial charge on any atom is -0.345 e. The van der Waals surface area contributed by atoms with Crippen molar-refractivity contribution in [2.45, 2.75) is 30.7 Å². The standard InChI is InChI=1S/C22H22N6O/c29-21(15-4-7-26-27-13-15)28-19-10-22(5-8-23-9-6-22)20-17(2-1-3-18(19)20)16-11-24-14-25-12-16/h1-4,7,11-14,19,23H,5-6,8-10H2,(H,28,29). The summed E-state index contributed by atoms with van der Waals surface area (Å²) in [5.74, 6) is -0.115. The van der Waals surface area contributed by atoms with Gasteiger partial charge in [-0.3, -0.25) is 4.79 Å². The highest BCUT2D eigenvalue weighted by molar-refractivity contribution is 5.94. The Kier molecular flexibility index (Phi) is 4.52. The minimum atomic E-state index is -0.115. The van der Waals surface area contributed by atoms with Crippen molar-refractivity contribution in [1.82, 2.24) is 30.8 Å². The molecule has 29 heavy (non-hydrogen) atoms. The molecular weight excluding hydrogens is 364 g/mol. The Bertz CT molecular complexity index is 1020. The molecule has 1 atom stereocenters. The van der Waals surface area contributed by atoms with Gasteiger partial charge in [0, 0.05) is 23.4 Å². The lowest BCUT2D eigenvalue weighted by Gasteiger charge is -2.36. The topological polar surface area (TPSA) is 92.7 Å². The third-order valence-electron chi connectivity index (χ3n) is 6.18. The smallest absolute Gasteiger partial charge is 0.253 e. The zero-order valence-electron chi connectivity index (χ0n) is 16.0. The number of amides is 1. The van der Waals surface area contributed by atoms with Gasteiger partial charge in [-0.15, -0.1) is 0 Å². The van der Waals surface area contributed by atoms with Gasteiger partial charge in [0.15, 0.2) is 0 Å². The number of carbonyl (C=O) groups is 1. The van der Waals surface area contributed by atoms with E-state index in [-0.39, 0.29) is 17.4 Å². The van der Waals surface area contributed by atoms with Gasteiger partial charge in [0.05, 0.1) is 24.0 Å². The minimum absolute atomic E-state index is 0.0339. The Morgan fingerprint density at radius 1 is 1.07 bits per heavy atom. The lowest BCUT2D eigenvalue weighted by atomic mass is 9.72. The summed E-state index contributed by atoms with van der Waals surface area (Å²) in [6.45, 7) is 1.96. The number of piperidine rings is 1. The molecule has 1 amide bonds. The Morgan fingerprint density at radius 2 is 1.90 bits per heavy atom. The number of nitrogens with zero attached hydrogens (tertiary/aromatic N) is 4. The zero-order chi connectivity index (χ0) is 19.7. The molecular formula is C22H22N6O. The maximum atomic E-state index is 12.8. The second-order valence-corrected chi connectivity index (χ2v) is 7.79. The molecule has 1 aliphatic heterocycles. The molecule has 0 saturated carbocycles. The van der Waals surface area contributed by atoms with Gasteiger partial charge >= 0.3 is 0 Å². The van der Waals surface area contributed by atoms with Crippen molar-refractivity contribution >= 4 is 5.91 Å². The summed E-state index contributed by atoms with van der Waals surface area (Å²) >= 11 is 0. The fourth-order valence-corrected chi connectivity index (χ4v) is 4.89. The van der Waals surface area contributed by atoms with E-state index in [1.807, 2.05) is 12.4 Å². The molecule has 1 fully saturated rings. The normalized spacial score (nSPS) is 19.7. The van der Waals surface area contributed by atoms with Crippen LogP contribution in [0.5, 0.6) is 0 Å². The number of aromatic nitrogens is 4. The molecule has 1 unspecified atom stereocenters. The lowest BCUT2D eigenvalue weighted by Crippen LogP contribution is -2.39. The molecule has 0 radical (unpaired) electrons. The highest BCUT2D eigenvalue weighted by Crippen LogP contribution is 2.53. The largest absolute Gasteiger partial charge is 0.345 e. The molecule has 1 aromatic carbocycles. The van der Waals surface area contributed by atoms with Gasteiger partial charge in [0.25, 0.3) is 5.91 Å². The Morgan fingerprint density at radius 3 is 2.66 bits per heavy atom. The van der Waals surface area contributed by atoms with Crippen molar-refractivity contribution in [2.75, 3.05) is 13.1 Å². The van der Waals surface area contributed by atoms with Crippen LogP contribution in [0, 0.1) is 0 Å². The third-order valence-corrected chi connectivity index (χ3v) is 6.18. The average molecular weight is 386 g/mol. The number of rotatable bonds is 3. The number of hydrogen-bond donors (Lipinski definition) is 2. The van der Waals surface area contributed by atoms with Gasteiger partial charge in [-0.1, -0.05) is 18.2 Å². The number of carbonyl (C=O) groups excluding carboxylic acids is 1. The molecule has 7 nitrogen and oxygen atoms in total. The fourth-order valence-electron chi connectivity index (χ4n) is 4.89. The maximum absolute atomic E-state index is 12.8. The van der Waals surface area contributed by atoms with Crippen LogP contribution in [0.15, 0.2) is 55.4 Å². The zero-order valence-corrected chi connectivity index (χ0v) is 16.0. The first-order chi connectivity index (χ1) is 14.3. The maximum Gasteiger partial charge on any atom is 0.253 e. The molecule has 3 aromatic rings. The van der Waals surface area contributed by atoms with E-state index >= 15 is 0 Å². The highest BCUT2D eigenvalue weighted by Gasteiger charge is 2.46. The van der Waals surface area contributed by atoms with E-state index in [1.165, 1.54) is 22.9 Å². The van der Waals surface area contributed by atoms with Gasteiger partial charge in [-0.05, 0) is 55.1 Å². The summed E-state index contributed by atoms with van der Waals surface area (Å²) in [6, 6.07) is 8.02. The predicted octanol–water partition coefficient (Wildman–Crippen LogP) is 2.43. The Hall–Kier alpha value is -3.19. The van der Waals surface area contributed by atoms with Crippen molar-refractivity contribution < 1.29 is 4.79 Å². The number of benzene rings is 1. The fraction of sp³-hybridized carbons (Fsp3) is 0.318. The van der Waals surface area contributed by atoms with E-state index in [0.717, 1.165) is 37.9 Å². The number of nitrogens with one attached hydrogen (secondary N) is 2. The molecule has 1 spiro atoms. The SMILES string of the molecule is O=C(NC1CC2(CCNCC2)c2c(-c3cncnc3)cccc21)c1ccnnc1. The van der Waals surface area contributed by atoms with Crippen LogP contribution in [0.25, 0.3) is 11.1 Å². The van der Waals surface area contributed by atoms with Crippen molar-refractivity contribution in [3.8, 4) is 11.1 Å². The molecule has 2 aromatic heterocycles. The summed E-state index contributed by atoms with van der Waals surface area (Å²) in [6.07, 6.45) is 11.3. The van der Waals surface area contributed by atoms with Crippen molar-refractivity contribution in [3.05, 3.63) is 72.1 Å². The molecule has 1 aliphatic carbocycles. The summed E-state index contributed by atoms with van der Waals surface area (Å²) in [5.41, 5.74) is 5.31. The van der Waals surface area contributed by atoms with Gasteiger partial charge in [-0.2, -0.15) is 10.2 Å². The van der Waals surface area contributed by atoms with Crippen LogP contribution in [-0.4, -0.2) is 39.2 Å². The van der Waals surface area contributed by atoms with E-state index in [9.17, 15) is 4.79 Å². The van der Waals surface area contributed by atoms with Crippen molar-refractivity contribution in [1.29, 1.82) is 0 Å². The molecule has 7 heteroatoms. The summed E-state index contributed by atoms with van der Waals surface area (Å²) < 4.78 is 0. The van der Waals surface area contributed by atoms with Crippen LogP contribution in [0.1, 0.15) is 46.8 Å². The van der Waals surface area contributed by atoms with Crippen molar-refractivity contribution in [2.24, 2.45) is 0 Å². The molecule has 1 saturated heterocycles. The summed E-state index contributed by atoms with van der Waals surface area (Å²) in [7, 11) is 0. The Balaban J connectivity index is 1.57. The molecule has 3 heterocycles. The Labute approximate surface area is 169 Å². The molecule has 5 rings (SSSR count). The second-order valence-electron chi connectivity index (χ2n) is 7.79. The van der Waals surface area contributed by atoms with E-state index in [4.69, 9.17) is 0 Å². The van der Waals surface area contributed by atoms with Crippen LogP contribution in [0.2, 0.25) is 0 Å². The monoisotopic (exact) mass is 386 g/mol. The molecule has 2 N–H and O–H groups in total. The highest BCUT2D eigenvalue weighted by atomic mass is 16.1. The van der Waals surface area contributed by atoms with Crippen LogP contribution in [-0.2, 0) is 5.41 Å².